The van der Waals surface area contributed by atoms with Crippen molar-refractivity contribution >= 4 is 28.3 Å². The summed E-state index contributed by atoms with van der Waals surface area (Å²) >= 11 is 0. The van der Waals surface area contributed by atoms with Crippen molar-refractivity contribution in [1.82, 2.24) is 4.98 Å². The zero-order valence-corrected chi connectivity index (χ0v) is 26.5. The maximum absolute atomic E-state index is 13.5. The van der Waals surface area contributed by atoms with Gasteiger partial charge in [0.25, 0.3) is 0 Å². The minimum Gasteiger partial charge on any atom is -0.873 e. The van der Waals surface area contributed by atoms with E-state index in [1.807, 2.05) is 44.2 Å². The molecule has 5 heterocycles. The fourth-order valence-corrected chi connectivity index (χ4v) is 6.29. The summed E-state index contributed by atoms with van der Waals surface area (Å²) in [4.78, 5) is 20.1. The topological polar surface area (TPSA) is 74.2 Å². The molecule has 0 saturated heterocycles. The number of benzene rings is 2. The Hall–Kier alpha value is -4.51. The van der Waals surface area contributed by atoms with Crippen molar-refractivity contribution in [2.75, 3.05) is 0 Å². The van der Waals surface area contributed by atoms with Gasteiger partial charge in [0, 0.05) is 5.41 Å². The smallest absolute Gasteiger partial charge is 0.873 e. The molecule has 3 aromatic rings. The third kappa shape index (κ3) is 4.94. The van der Waals surface area contributed by atoms with E-state index in [-0.39, 0.29) is 22.8 Å². The first-order chi connectivity index (χ1) is 20.6. The number of aromatic nitrogens is 1. The van der Waals surface area contributed by atoms with Crippen LogP contribution >= 0.6 is 0 Å². The van der Waals surface area contributed by atoms with Crippen LogP contribution < -0.4 is 20.8 Å². The van der Waals surface area contributed by atoms with E-state index in [2.05, 4.69) is 76.2 Å². The monoisotopic (exact) mass is 623 g/mol. The molecule has 1 radical (unpaired) electrons. The van der Waals surface area contributed by atoms with Crippen LogP contribution in [0.15, 0.2) is 123 Å². The second kappa shape index (κ2) is 10.9. The third-order valence-corrected chi connectivity index (χ3v) is 8.51. The standard InChI is InChI=1S/C38H33N4O.Cu/c1-21-7-9-25(10-8-21)35-28-13-12-27(40-28)20-33-38(5,6)37(43)32(42-33)19-26-11-14-30(39-26)36(31-16-15-29(35)41-31)34-23(3)17-22(2)18-24(34)4;/h7-20H,1-6H3,(H-,39,40,41,42,43);/q-1;+2/p-1. The van der Waals surface area contributed by atoms with Crippen LogP contribution in [0.4, 0.5) is 0 Å². The molecule has 0 atom stereocenters. The van der Waals surface area contributed by atoms with Crippen LogP contribution in [0.1, 0.15) is 47.2 Å². The molecule has 0 fully saturated rings. The molecule has 221 valence electrons. The van der Waals surface area contributed by atoms with Gasteiger partial charge >= 0.3 is 17.1 Å². The fourth-order valence-electron chi connectivity index (χ4n) is 6.29. The molecule has 7 rings (SSSR count). The van der Waals surface area contributed by atoms with Crippen molar-refractivity contribution in [3.05, 3.63) is 152 Å². The minimum atomic E-state index is -0.771. The first-order valence-electron chi connectivity index (χ1n) is 14.6. The zero-order valence-electron chi connectivity index (χ0n) is 25.6. The number of allylic oxidation sites excluding steroid dienone is 7. The number of aliphatic imine (C=N–C) groups is 3. The van der Waals surface area contributed by atoms with Crippen molar-refractivity contribution in [1.29, 1.82) is 0 Å². The second-order valence-corrected chi connectivity index (χ2v) is 12.2. The van der Waals surface area contributed by atoms with Crippen LogP contribution in [0, 0.1) is 33.1 Å². The van der Waals surface area contributed by atoms with E-state index in [0.29, 0.717) is 17.1 Å². The largest absolute Gasteiger partial charge is 2.00 e. The summed E-state index contributed by atoms with van der Waals surface area (Å²) in [6, 6.07) is 17.0. The van der Waals surface area contributed by atoms with Crippen molar-refractivity contribution in [3.8, 4) is 0 Å². The molecular weight excluding hydrogens is 592 g/mol. The summed E-state index contributed by atoms with van der Waals surface area (Å²) in [5.74, 6) is -0.0253. The maximum Gasteiger partial charge on any atom is 2.00 e. The Bertz CT molecular complexity index is 2100. The molecule has 44 heavy (non-hydrogen) atoms. The van der Waals surface area contributed by atoms with Gasteiger partial charge in [0.2, 0.25) is 0 Å². The summed E-state index contributed by atoms with van der Waals surface area (Å²) in [5.41, 5.74) is 12.2. The molecule has 1 aromatic heterocycles. The average Bonchev–Trinajstić information content (AvgIpc) is 3.75. The second-order valence-electron chi connectivity index (χ2n) is 12.2. The van der Waals surface area contributed by atoms with Gasteiger partial charge in [0.1, 0.15) is 0 Å². The molecule has 5 nitrogen and oxygen atoms in total. The van der Waals surface area contributed by atoms with Gasteiger partial charge in [-0.1, -0.05) is 79.3 Å². The molecule has 6 heteroatoms. The molecule has 0 aliphatic carbocycles. The van der Waals surface area contributed by atoms with Crippen LogP contribution in [0.5, 0.6) is 0 Å². The van der Waals surface area contributed by atoms with E-state index < -0.39 is 5.41 Å². The quantitative estimate of drug-likeness (QED) is 0.371. The predicted octanol–water partition coefficient (Wildman–Crippen LogP) is 5.13. The van der Waals surface area contributed by atoms with E-state index in [4.69, 9.17) is 20.0 Å². The Morgan fingerprint density at radius 3 is 1.86 bits per heavy atom. The Morgan fingerprint density at radius 1 is 0.659 bits per heavy atom. The van der Waals surface area contributed by atoms with Crippen molar-refractivity contribution in [2.45, 2.75) is 41.5 Å². The normalized spacial score (nSPS) is 18.2. The van der Waals surface area contributed by atoms with Gasteiger partial charge in [-0.3, -0.25) is 4.99 Å². The van der Waals surface area contributed by atoms with Gasteiger partial charge in [0.05, 0.1) is 34.2 Å². The average molecular weight is 624 g/mol. The van der Waals surface area contributed by atoms with E-state index >= 15 is 0 Å². The van der Waals surface area contributed by atoms with Gasteiger partial charge in [0.15, 0.2) is 0 Å². The van der Waals surface area contributed by atoms with Crippen molar-refractivity contribution in [3.63, 3.8) is 0 Å². The van der Waals surface area contributed by atoms with Gasteiger partial charge in [-0.15, -0.1) is 10.7 Å². The number of fused-ring (bicyclic) bond motifs is 5. The van der Waals surface area contributed by atoms with E-state index in [0.717, 1.165) is 61.2 Å². The molecule has 0 spiro atoms. The predicted molar refractivity (Wildman–Crippen MR) is 173 cm³/mol. The molecule has 0 amide bonds. The van der Waals surface area contributed by atoms with Crippen LogP contribution in [-0.4, -0.2) is 17.1 Å². The summed E-state index contributed by atoms with van der Waals surface area (Å²) in [6.07, 6.45) is 11.7. The molecule has 2 aromatic carbocycles. The Balaban J connectivity index is 0.00000343. The number of hydrogen-bond acceptors (Lipinski definition) is 4. The first-order valence-corrected chi connectivity index (χ1v) is 14.6. The molecular formula is C38H32CuN4O. The van der Waals surface area contributed by atoms with E-state index in [9.17, 15) is 5.11 Å². The number of nitrogens with zero attached hydrogens (tertiary/aromatic N) is 4. The molecule has 4 aliphatic rings. The van der Waals surface area contributed by atoms with Gasteiger partial charge < -0.3 is 10.1 Å². The first kappa shape index (κ1) is 29.6. The molecule has 0 saturated carbocycles. The van der Waals surface area contributed by atoms with Crippen molar-refractivity contribution < 1.29 is 22.2 Å². The SMILES string of the molecule is Cc1ccc(C2=c3ccc([n-]3)=C(c3c(C)cc(C)cc3C)C3=NC(=CC4=C([O-])C(C)(C)C(=N4)C=C4C=CC2=N4)C=C3)cc1.[Cu+2]. The number of rotatable bonds is 2. The molecule has 0 N–H and O–H groups in total. The summed E-state index contributed by atoms with van der Waals surface area (Å²) < 4.78 is 0. The van der Waals surface area contributed by atoms with E-state index in [1.54, 1.807) is 6.08 Å². The maximum atomic E-state index is 13.5. The minimum absolute atomic E-state index is 0. The van der Waals surface area contributed by atoms with Gasteiger partial charge in [-0.25, -0.2) is 9.98 Å². The Labute approximate surface area is 268 Å². The number of hydrogen-bond donors (Lipinski definition) is 0. The Kier molecular flexibility index (Phi) is 7.31. The molecule has 0 unspecified atom stereocenters. The fraction of sp³-hybridized carbons (Fsp3) is 0.184. The van der Waals surface area contributed by atoms with Crippen LogP contribution in [0.3, 0.4) is 0 Å². The molecule has 4 aliphatic heterocycles. The summed E-state index contributed by atoms with van der Waals surface area (Å²) in [7, 11) is 0. The zero-order chi connectivity index (χ0) is 30.0. The molecule has 8 bridgehead atoms. The van der Waals surface area contributed by atoms with Crippen LogP contribution in [0.2, 0.25) is 0 Å². The Morgan fingerprint density at radius 2 is 1.23 bits per heavy atom. The van der Waals surface area contributed by atoms with Crippen LogP contribution in [0.25, 0.3) is 11.1 Å². The van der Waals surface area contributed by atoms with Crippen LogP contribution in [-0.2, 0) is 17.1 Å². The number of aryl methyl sites for hydroxylation is 4. The van der Waals surface area contributed by atoms with Gasteiger partial charge in [-0.05, 0) is 97.6 Å². The summed E-state index contributed by atoms with van der Waals surface area (Å²) in [5, 5.41) is 15.2. The van der Waals surface area contributed by atoms with E-state index in [1.165, 1.54) is 11.1 Å². The summed E-state index contributed by atoms with van der Waals surface area (Å²) in [6.45, 7) is 12.3. The van der Waals surface area contributed by atoms with Crippen molar-refractivity contribution in [2.24, 2.45) is 20.4 Å². The van der Waals surface area contributed by atoms with Gasteiger partial charge in [-0.2, -0.15) is 0 Å². The third-order valence-electron chi connectivity index (χ3n) is 8.51.